The first kappa shape index (κ1) is 31.6. The minimum absolute atomic E-state index is 0.0262. The molecular formula is C29H49NO7. The Morgan fingerprint density at radius 3 is 2.24 bits per heavy atom. The summed E-state index contributed by atoms with van der Waals surface area (Å²) in [4.78, 5) is 41.7. The van der Waals surface area contributed by atoms with Crippen molar-refractivity contribution in [1.29, 1.82) is 0 Å². The Morgan fingerprint density at radius 1 is 1.05 bits per heavy atom. The zero-order valence-electron chi connectivity index (χ0n) is 24.4. The van der Waals surface area contributed by atoms with Crippen molar-refractivity contribution in [3.8, 4) is 0 Å². The molecule has 1 N–H and O–H groups in total. The lowest BCUT2D eigenvalue weighted by atomic mass is 9.80. The van der Waals surface area contributed by atoms with E-state index in [2.05, 4.69) is 0 Å². The number of ether oxygens (including phenoxy) is 3. The summed E-state index contributed by atoms with van der Waals surface area (Å²) < 4.78 is 18.2. The highest BCUT2D eigenvalue weighted by atomic mass is 16.7. The predicted octanol–water partition coefficient (Wildman–Crippen LogP) is 3.79. The van der Waals surface area contributed by atoms with Crippen LogP contribution in [-0.2, 0) is 28.6 Å². The van der Waals surface area contributed by atoms with Crippen LogP contribution in [0, 0.1) is 29.6 Å². The molecule has 0 spiro atoms. The van der Waals surface area contributed by atoms with Gasteiger partial charge in [0, 0.05) is 23.8 Å². The second kappa shape index (κ2) is 13.5. The van der Waals surface area contributed by atoms with E-state index in [1.165, 1.54) is 0 Å². The Balaban J connectivity index is 2.44. The van der Waals surface area contributed by atoms with Crippen molar-refractivity contribution in [3.63, 3.8) is 0 Å². The second-order valence-corrected chi connectivity index (χ2v) is 11.7. The van der Waals surface area contributed by atoms with Gasteiger partial charge in [0.05, 0.1) is 12.2 Å². The molecule has 2 aliphatic heterocycles. The highest BCUT2D eigenvalue weighted by molar-refractivity contribution is 6.00. The van der Waals surface area contributed by atoms with Crippen molar-refractivity contribution in [3.05, 3.63) is 11.6 Å². The van der Waals surface area contributed by atoms with Crippen LogP contribution in [-0.4, -0.2) is 78.4 Å². The van der Waals surface area contributed by atoms with Crippen LogP contribution in [0.1, 0.15) is 74.7 Å². The summed E-state index contributed by atoms with van der Waals surface area (Å²) in [5.74, 6) is -3.13. The molecule has 0 aromatic carbocycles. The number of Topliss-reactive ketones (excluding diaryl/α,β-unsaturated/α-hetero) is 2. The molecule has 1 saturated heterocycles. The van der Waals surface area contributed by atoms with Crippen LogP contribution >= 0.6 is 0 Å². The minimum atomic E-state index is -0.965. The third-order valence-electron chi connectivity index (χ3n) is 8.18. The number of aliphatic hydroxyl groups is 1. The molecule has 0 radical (unpaired) electrons. The van der Waals surface area contributed by atoms with Crippen LogP contribution in [0.25, 0.3) is 0 Å². The zero-order valence-corrected chi connectivity index (χ0v) is 24.4. The van der Waals surface area contributed by atoms with Gasteiger partial charge in [0.1, 0.15) is 18.1 Å². The summed E-state index contributed by atoms with van der Waals surface area (Å²) in [5, 5.41) is 11.1. The van der Waals surface area contributed by atoms with Crippen LogP contribution in [0.5, 0.6) is 0 Å². The predicted molar refractivity (Wildman–Crippen MR) is 142 cm³/mol. The highest BCUT2D eigenvalue weighted by Crippen LogP contribution is 2.33. The Kier molecular flexibility index (Phi) is 11.5. The van der Waals surface area contributed by atoms with Gasteiger partial charge < -0.3 is 24.2 Å². The lowest BCUT2D eigenvalue weighted by molar-refractivity contribution is -0.278. The smallest absolute Gasteiger partial charge is 0.316 e. The first-order valence-corrected chi connectivity index (χ1v) is 13.8. The lowest BCUT2D eigenvalue weighted by Gasteiger charge is -2.43. The van der Waals surface area contributed by atoms with Gasteiger partial charge in [0.2, 0.25) is 0 Å². The quantitative estimate of drug-likeness (QED) is 0.439. The molecule has 0 amide bonds. The van der Waals surface area contributed by atoms with Gasteiger partial charge in [-0.1, -0.05) is 40.7 Å². The van der Waals surface area contributed by atoms with Crippen LogP contribution in [0.2, 0.25) is 0 Å². The number of hydrogen-bond donors (Lipinski definition) is 1. The van der Waals surface area contributed by atoms with Gasteiger partial charge in [0.15, 0.2) is 17.9 Å². The van der Waals surface area contributed by atoms with Crippen molar-refractivity contribution in [1.82, 2.24) is 4.90 Å². The van der Waals surface area contributed by atoms with E-state index in [1.807, 2.05) is 59.7 Å². The third-order valence-corrected chi connectivity index (χ3v) is 8.18. The van der Waals surface area contributed by atoms with Crippen molar-refractivity contribution in [2.75, 3.05) is 14.1 Å². The Bertz CT molecular complexity index is 840. The van der Waals surface area contributed by atoms with Crippen LogP contribution in [0.15, 0.2) is 11.6 Å². The third kappa shape index (κ3) is 7.71. The van der Waals surface area contributed by atoms with E-state index in [0.717, 1.165) is 0 Å². The van der Waals surface area contributed by atoms with E-state index in [1.54, 1.807) is 20.8 Å². The molecule has 2 rings (SSSR count). The SMILES string of the molecule is CC[C@H]1OC(=O)[C@H](C)C(=O)[C@H](C)[C@@H](OC2OC(C)CC(N(C)C)C2O)[C@@H](C)C[C@@H](C)C(=O)C(C)=C[C@H]1C. The van der Waals surface area contributed by atoms with Gasteiger partial charge >= 0.3 is 5.97 Å². The largest absolute Gasteiger partial charge is 0.461 e. The minimum Gasteiger partial charge on any atom is -0.461 e. The zero-order chi connectivity index (χ0) is 28.2. The average Bonchev–Trinajstić information content (AvgIpc) is 2.84. The van der Waals surface area contributed by atoms with Crippen molar-refractivity contribution < 1.29 is 33.7 Å². The van der Waals surface area contributed by atoms with Gasteiger partial charge in [-0.05, 0) is 65.6 Å². The van der Waals surface area contributed by atoms with Gasteiger partial charge in [0.25, 0.3) is 0 Å². The topological polar surface area (TPSA) is 102 Å². The molecule has 0 aromatic rings. The number of likely N-dealkylation sites (N-methyl/N-ethyl adjacent to an activating group) is 1. The molecule has 2 aliphatic rings. The van der Waals surface area contributed by atoms with Crippen molar-refractivity contribution >= 4 is 17.5 Å². The monoisotopic (exact) mass is 523 g/mol. The summed E-state index contributed by atoms with van der Waals surface area (Å²) >= 11 is 0. The fourth-order valence-corrected chi connectivity index (χ4v) is 5.81. The summed E-state index contributed by atoms with van der Waals surface area (Å²) in [7, 11) is 3.81. The molecule has 0 saturated carbocycles. The molecular weight excluding hydrogens is 474 g/mol. The number of esters is 1. The van der Waals surface area contributed by atoms with E-state index >= 15 is 0 Å². The van der Waals surface area contributed by atoms with Crippen LogP contribution < -0.4 is 0 Å². The number of hydrogen-bond acceptors (Lipinski definition) is 8. The van der Waals surface area contributed by atoms with Crippen molar-refractivity contribution in [2.45, 2.75) is 111 Å². The molecule has 0 bridgehead atoms. The molecule has 1 fully saturated rings. The lowest BCUT2D eigenvalue weighted by Crippen LogP contribution is -2.56. The Labute approximate surface area is 223 Å². The first-order chi connectivity index (χ1) is 17.2. The summed E-state index contributed by atoms with van der Waals surface area (Å²) in [6.45, 7) is 14.8. The Morgan fingerprint density at radius 2 is 1.68 bits per heavy atom. The van der Waals surface area contributed by atoms with Crippen molar-refractivity contribution in [2.24, 2.45) is 29.6 Å². The molecule has 0 aliphatic carbocycles. The molecule has 8 heteroatoms. The molecule has 37 heavy (non-hydrogen) atoms. The number of carbonyl (C=O) groups is 3. The molecule has 0 aromatic heterocycles. The average molecular weight is 524 g/mol. The number of cyclic esters (lactones) is 1. The molecule has 2 heterocycles. The van der Waals surface area contributed by atoms with E-state index in [0.29, 0.717) is 24.8 Å². The summed E-state index contributed by atoms with van der Waals surface area (Å²) in [6.07, 6.45) is 0.503. The maximum Gasteiger partial charge on any atom is 0.316 e. The van der Waals surface area contributed by atoms with Gasteiger partial charge in [-0.15, -0.1) is 0 Å². The maximum absolute atomic E-state index is 13.5. The maximum atomic E-state index is 13.5. The van der Waals surface area contributed by atoms with E-state index < -0.39 is 42.4 Å². The van der Waals surface area contributed by atoms with E-state index in [9.17, 15) is 19.5 Å². The number of allylic oxidation sites excluding steroid dienone is 1. The summed E-state index contributed by atoms with van der Waals surface area (Å²) in [5.41, 5.74) is 0.641. The van der Waals surface area contributed by atoms with Gasteiger partial charge in [-0.25, -0.2) is 0 Å². The second-order valence-electron chi connectivity index (χ2n) is 11.7. The van der Waals surface area contributed by atoms with Crippen LogP contribution in [0.4, 0.5) is 0 Å². The number of nitrogens with zero attached hydrogens (tertiary/aromatic N) is 1. The standard InChI is InChI=1S/C29H49NO7/c1-11-23-15(2)12-16(3)24(31)17(4)13-18(5)27(20(7)25(32)21(8)28(34)36-23)37-29-26(33)22(30(9)10)14-19(6)35-29/h12,15,17-23,26-27,29,33H,11,13-14H2,1-10H3/t15-,17-,18+,19?,20+,21-,22?,23-,26?,27+,29?/m1/s1. The first-order valence-electron chi connectivity index (χ1n) is 13.8. The summed E-state index contributed by atoms with van der Waals surface area (Å²) in [6, 6.07) is -0.163. The number of ketones is 2. The van der Waals surface area contributed by atoms with Gasteiger partial charge in [-0.3, -0.25) is 14.4 Å². The van der Waals surface area contributed by atoms with E-state index in [-0.39, 0.29) is 41.5 Å². The molecule has 212 valence electrons. The number of aliphatic hydroxyl groups excluding tert-OH is 1. The van der Waals surface area contributed by atoms with Gasteiger partial charge in [-0.2, -0.15) is 0 Å². The fourth-order valence-electron chi connectivity index (χ4n) is 5.81. The molecule has 8 nitrogen and oxygen atoms in total. The molecule has 4 unspecified atom stereocenters. The number of rotatable bonds is 4. The van der Waals surface area contributed by atoms with E-state index in [4.69, 9.17) is 14.2 Å². The normalized spacial score (nSPS) is 41.2. The Hall–Kier alpha value is -1.61. The molecule has 11 atom stereocenters. The number of carbonyl (C=O) groups excluding carboxylic acids is 3. The van der Waals surface area contributed by atoms with Crippen LogP contribution in [0.3, 0.4) is 0 Å². The highest BCUT2D eigenvalue weighted by Gasteiger charge is 2.43. The fraction of sp³-hybridized carbons (Fsp3) is 0.828.